The lowest BCUT2D eigenvalue weighted by molar-refractivity contribution is -0.118. The number of imidazole rings is 1. The number of hydrogen-bond donors (Lipinski definition) is 1. The molecule has 0 fully saturated rings. The van der Waals surface area contributed by atoms with Crippen LogP contribution in [0.1, 0.15) is 24.8 Å². The molecule has 0 bridgehead atoms. The molecule has 0 aliphatic heterocycles. The van der Waals surface area contributed by atoms with Crippen molar-refractivity contribution in [3.63, 3.8) is 0 Å². The molecule has 1 aromatic heterocycles. The summed E-state index contributed by atoms with van der Waals surface area (Å²) in [6, 6.07) is 9.87. The van der Waals surface area contributed by atoms with Gasteiger partial charge < -0.3 is 15.1 Å². The number of nitrogens with two attached hydrogens (primary N) is 1. The van der Waals surface area contributed by atoms with Crippen LogP contribution in [0.4, 0.5) is 0 Å². The van der Waals surface area contributed by atoms with Crippen LogP contribution in [0.5, 0.6) is 0 Å². The van der Waals surface area contributed by atoms with Gasteiger partial charge in [-0.05, 0) is 12.8 Å². The van der Waals surface area contributed by atoms with Gasteiger partial charge in [-0.2, -0.15) is 0 Å². The smallest absolute Gasteiger partial charge is 0.217 e. The Balaban J connectivity index is 1.92. The second kappa shape index (κ2) is 8.61. The summed E-state index contributed by atoms with van der Waals surface area (Å²) in [4.78, 5) is 20.1. The van der Waals surface area contributed by atoms with Crippen molar-refractivity contribution in [2.75, 3.05) is 6.61 Å². The predicted octanol–water partition coefficient (Wildman–Crippen LogP) is 1.96. The molecule has 2 rings (SSSR count). The maximum absolute atomic E-state index is 10.6. The summed E-state index contributed by atoms with van der Waals surface area (Å²) in [6.07, 6.45) is 7.20. The number of rotatable bonds is 9. The standard InChI is InChI=1S/C16H20N4O2/c17-16(21)8-4-5-11-22-19-15(12-20-10-9-18-13-20)14-6-2-1-3-7-14/h1-3,6-7,9-10,13H,4-5,8,11-12H2,(H2,17,21). The highest BCUT2D eigenvalue weighted by atomic mass is 16.6. The molecule has 2 N–H and O–H groups in total. The minimum atomic E-state index is -0.284. The van der Waals surface area contributed by atoms with Crippen molar-refractivity contribution in [2.45, 2.75) is 25.8 Å². The van der Waals surface area contributed by atoms with E-state index in [0.29, 0.717) is 26.0 Å². The van der Waals surface area contributed by atoms with Crippen molar-refractivity contribution in [1.82, 2.24) is 9.55 Å². The summed E-state index contributed by atoms with van der Waals surface area (Å²) in [6.45, 7) is 1.05. The lowest BCUT2D eigenvalue weighted by Crippen LogP contribution is -2.12. The number of benzene rings is 1. The first kappa shape index (κ1) is 15.8. The van der Waals surface area contributed by atoms with E-state index in [1.54, 1.807) is 12.5 Å². The van der Waals surface area contributed by atoms with Gasteiger partial charge in [0.1, 0.15) is 12.3 Å². The molecule has 6 heteroatoms. The maximum Gasteiger partial charge on any atom is 0.217 e. The van der Waals surface area contributed by atoms with Gasteiger partial charge in [-0.25, -0.2) is 4.98 Å². The van der Waals surface area contributed by atoms with Gasteiger partial charge in [-0.3, -0.25) is 4.79 Å². The Kier molecular flexibility index (Phi) is 6.17. The van der Waals surface area contributed by atoms with Crippen molar-refractivity contribution < 1.29 is 9.63 Å². The molecule has 22 heavy (non-hydrogen) atoms. The number of aromatic nitrogens is 2. The molecule has 0 saturated carbocycles. The van der Waals surface area contributed by atoms with E-state index >= 15 is 0 Å². The van der Waals surface area contributed by atoms with Gasteiger partial charge in [0.15, 0.2) is 0 Å². The second-order valence-corrected chi connectivity index (χ2v) is 4.90. The molecule has 0 aliphatic rings. The summed E-state index contributed by atoms with van der Waals surface area (Å²) in [5.74, 6) is -0.284. The van der Waals surface area contributed by atoms with Crippen LogP contribution in [0.25, 0.3) is 0 Å². The number of primary amides is 1. The molecule has 0 aliphatic carbocycles. The molecule has 0 atom stereocenters. The van der Waals surface area contributed by atoms with E-state index in [1.165, 1.54) is 0 Å². The van der Waals surface area contributed by atoms with E-state index in [4.69, 9.17) is 10.6 Å². The van der Waals surface area contributed by atoms with E-state index in [0.717, 1.165) is 17.7 Å². The number of oxime groups is 1. The van der Waals surface area contributed by atoms with Gasteiger partial charge in [0, 0.05) is 24.4 Å². The lowest BCUT2D eigenvalue weighted by atomic mass is 10.1. The van der Waals surface area contributed by atoms with Crippen LogP contribution >= 0.6 is 0 Å². The minimum absolute atomic E-state index is 0.284. The second-order valence-electron chi connectivity index (χ2n) is 4.90. The Morgan fingerprint density at radius 3 is 2.77 bits per heavy atom. The monoisotopic (exact) mass is 300 g/mol. The van der Waals surface area contributed by atoms with Crippen LogP contribution in [0.3, 0.4) is 0 Å². The molecule has 1 heterocycles. The number of unbranched alkanes of at least 4 members (excludes halogenated alkanes) is 1. The highest BCUT2D eigenvalue weighted by molar-refractivity contribution is 6.00. The molecular formula is C16H20N4O2. The van der Waals surface area contributed by atoms with Gasteiger partial charge >= 0.3 is 0 Å². The first-order valence-electron chi connectivity index (χ1n) is 7.24. The van der Waals surface area contributed by atoms with Gasteiger partial charge in [0.05, 0.1) is 12.9 Å². The third kappa shape index (κ3) is 5.40. The fraction of sp³-hybridized carbons (Fsp3) is 0.312. The Bertz CT molecular complexity index is 594. The third-order valence-electron chi connectivity index (χ3n) is 3.08. The number of carbonyl (C=O) groups is 1. The quantitative estimate of drug-likeness (QED) is 0.436. The zero-order valence-electron chi connectivity index (χ0n) is 12.4. The van der Waals surface area contributed by atoms with Crippen LogP contribution in [0.15, 0.2) is 54.2 Å². The zero-order chi connectivity index (χ0) is 15.6. The highest BCUT2D eigenvalue weighted by Crippen LogP contribution is 2.05. The van der Waals surface area contributed by atoms with E-state index in [2.05, 4.69) is 10.1 Å². The molecule has 6 nitrogen and oxygen atoms in total. The van der Waals surface area contributed by atoms with Crippen molar-refractivity contribution in [2.24, 2.45) is 10.9 Å². The van der Waals surface area contributed by atoms with Gasteiger partial charge in [-0.1, -0.05) is 35.5 Å². The zero-order valence-corrected chi connectivity index (χ0v) is 12.4. The van der Waals surface area contributed by atoms with E-state index < -0.39 is 0 Å². The Labute approximate surface area is 129 Å². The van der Waals surface area contributed by atoms with E-state index in [9.17, 15) is 4.79 Å². The summed E-state index contributed by atoms with van der Waals surface area (Å²) in [5, 5.41) is 4.24. The van der Waals surface area contributed by atoms with Crippen molar-refractivity contribution in [1.29, 1.82) is 0 Å². The number of nitrogens with zero attached hydrogens (tertiary/aromatic N) is 3. The van der Waals surface area contributed by atoms with E-state index in [-0.39, 0.29) is 5.91 Å². The maximum atomic E-state index is 10.6. The summed E-state index contributed by atoms with van der Waals surface area (Å²) < 4.78 is 1.93. The summed E-state index contributed by atoms with van der Waals surface area (Å²) >= 11 is 0. The molecule has 0 saturated heterocycles. The molecule has 116 valence electrons. The Morgan fingerprint density at radius 1 is 1.27 bits per heavy atom. The lowest BCUT2D eigenvalue weighted by Gasteiger charge is -2.08. The largest absolute Gasteiger partial charge is 0.396 e. The molecule has 1 aromatic carbocycles. The first-order chi connectivity index (χ1) is 10.8. The van der Waals surface area contributed by atoms with Crippen molar-refractivity contribution >= 4 is 11.6 Å². The Hall–Kier alpha value is -2.63. The SMILES string of the molecule is NC(=O)CCCCON=C(Cn1ccnc1)c1ccccc1. The topological polar surface area (TPSA) is 82.5 Å². The molecule has 0 spiro atoms. The van der Waals surface area contributed by atoms with Crippen LogP contribution in [-0.4, -0.2) is 27.8 Å². The molecule has 0 unspecified atom stereocenters. The first-order valence-corrected chi connectivity index (χ1v) is 7.24. The summed E-state index contributed by atoms with van der Waals surface area (Å²) in [5.41, 5.74) is 6.93. The molecule has 1 amide bonds. The fourth-order valence-electron chi connectivity index (χ4n) is 1.95. The van der Waals surface area contributed by atoms with Gasteiger partial charge in [-0.15, -0.1) is 0 Å². The molecule has 2 aromatic rings. The highest BCUT2D eigenvalue weighted by Gasteiger charge is 2.05. The number of hydrogen-bond acceptors (Lipinski definition) is 4. The third-order valence-corrected chi connectivity index (χ3v) is 3.08. The van der Waals surface area contributed by atoms with Gasteiger partial charge in [0.25, 0.3) is 0 Å². The molecule has 0 radical (unpaired) electrons. The van der Waals surface area contributed by atoms with Crippen molar-refractivity contribution in [3.05, 3.63) is 54.6 Å². The summed E-state index contributed by atoms with van der Waals surface area (Å²) in [7, 11) is 0. The fourth-order valence-corrected chi connectivity index (χ4v) is 1.95. The van der Waals surface area contributed by atoms with Crippen LogP contribution in [0.2, 0.25) is 0 Å². The van der Waals surface area contributed by atoms with Crippen LogP contribution in [-0.2, 0) is 16.2 Å². The van der Waals surface area contributed by atoms with Crippen molar-refractivity contribution in [3.8, 4) is 0 Å². The number of carbonyl (C=O) groups excluding carboxylic acids is 1. The molecular weight excluding hydrogens is 280 g/mol. The minimum Gasteiger partial charge on any atom is -0.396 e. The average Bonchev–Trinajstić information content (AvgIpc) is 3.03. The Morgan fingerprint density at radius 2 is 2.09 bits per heavy atom. The van der Waals surface area contributed by atoms with Crippen LogP contribution in [0, 0.1) is 0 Å². The van der Waals surface area contributed by atoms with Gasteiger partial charge in [0.2, 0.25) is 5.91 Å². The normalized spacial score (nSPS) is 11.4. The number of amides is 1. The predicted molar refractivity (Wildman–Crippen MR) is 84.2 cm³/mol. The van der Waals surface area contributed by atoms with Crippen LogP contribution < -0.4 is 5.73 Å². The van der Waals surface area contributed by atoms with E-state index in [1.807, 2.05) is 41.1 Å². The average molecular weight is 300 g/mol.